The van der Waals surface area contributed by atoms with Gasteiger partial charge < -0.3 is 11.1 Å². The van der Waals surface area contributed by atoms with E-state index in [1.165, 1.54) is 0 Å². The molecule has 2 heteroatoms. The van der Waals surface area contributed by atoms with Crippen LogP contribution in [0.1, 0.15) is 17.3 Å². The van der Waals surface area contributed by atoms with Crippen molar-refractivity contribution in [3.8, 4) is 0 Å². The van der Waals surface area contributed by atoms with Gasteiger partial charge in [-0.1, -0.05) is 12.1 Å². The Morgan fingerprint density at radius 1 is 1.55 bits per heavy atom. The van der Waals surface area contributed by atoms with Gasteiger partial charge in [0.05, 0.1) is 0 Å². The molecule has 0 bridgehead atoms. The normalized spacial score (nSPS) is 20.6. The number of fused-ring (bicyclic) bond motifs is 1. The number of benzene rings is 1. The third-order valence-electron chi connectivity index (χ3n) is 1.81. The summed E-state index contributed by atoms with van der Waals surface area (Å²) in [7, 11) is 0. The Kier molecular flexibility index (Phi) is 1.40. The van der Waals surface area contributed by atoms with Crippen molar-refractivity contribution in [1.82, 2.24) is 5.32 Å². The third-order valence-corrected chi connectivity index (χ3v) is 1.81. The van der Waals surface area contributed by atoms with Gasteiger partial charge in [-0.2, -0.15) is 0 Å². The second-order valence-electron chi connectivity index (χ2n) is 2.53. The minimum Gasteiger partial charge on any atom is -0.372 e. The maximum absolute atomic E-state index is 5.77. The van der Waals surface area contributed by atoms with Gasteiger partial charge >= 0.3 is 0 Å². The molecule has 0 aromatic heterocycles. The SMILES string of the molecule is NC1NC=Cc2c[c]ccc21. The molecule has 2 rings (SSSR count). The molecule has 1 aromatic rings. The van der Waals surface area contributed by atoms with Crippen LogP contribution in [0.5, 0.6) is 0 Å². The molecular formula is C9H9N2. The molecule has 11 heavy (non-hydrogen) atoms. The zero-order valence-electron chi connectivity index (χ0n) is 6.04. The minimum atomic E-state index is -0.0652. The molecule has 1 atom stereocenters. The average molecular weight is 145 g/mol. The fraction of sp³-hybridized carbons (Fsp3) is 0.111. The van der Waals surface area contributed by atoms with E-state index in [-0.39, 0.29) is 6.17 Å². The number of nitrogens with two attached hydrogens (primary N) is 1. The van der Waals surface area contributed by atoms with E-state index in [0.29, 0.717) is 0 Å². The standard InChI is InChI=1S/C9H9N2/c10-9-8-4-2-1-3-7(8)5-6-11-9/h2-6,9,11H,10H2. The maximum Gasteiger partial charge on any atom is 0.101 e. The zero-order valence-corrected chi connectivity index (χ0v) is 6.04. The first-order valence-electron chi connectivity index (χ1n) is 3.56. The van der Waals surface area contributed by atoms with E-state index in [9.17, 15) is 0 Å². The first-order chi connectivity index (χ1) is 5.38. The molecule has 1 heterocycles. The summed E-state index contributed by atoms with van der Waals surface area (Å²) >= 11 is 0. The average Bonchev–Trinajstić information content (AvgIpc) is 2.06. The summed E-state index contributed by atoms with van der Waals surface area (Å²) in [4.78, 5) is 0. The summed E-state index contributed by atoms with van der Waals surface area (Å²) < 4.78 is 0. The van der Waals surface area contributed by atoms with Crippen molar-refractivity contribution in [2.45, 2.75) is 6.17 Å². The molecule has 0 saturated heterocycles. The lowest BCUT2D eigenvalue weighted by Gasteiger charge is -2.18. The van der Waals surface area contributed by atoms with Crippen LogP contribution in [0.2, 0.25) is 0 Å². The number of rotatable bonds is 0. The molecule has 0 amide bonds. The lowest BCUT2D eigenvalue weighted by Crippen LogP contribution is -2.27. The predicted molar refractivity (Wildman–Crippen MR) is 44.4 cm³/mol. The van der Waals surface area contributed by atoms with Gasteiger partial charge in [-0.15, -0.1) is 0 Å². The molecule has 55 valence electrons. The summed E-state index contributed by atoms with van der Waals surface area (Å²) in [5.41, 5.74) is 8.05. The molecule has 1 aliphatic rings. The highest BCUT2D eigenvalue weighted by molar-refractivity contribution is 5.56. The molecule has 2 nitrogen and oxygen atoms in total. The van der Waals surface area contributed by atoms with E-state index in [1.807, 2.05) is 30.5 Å². The fourth-order valence-electron chi connectivity index (χ4n) is 1.21. The van der Waals surface area contributed by atoms with Crippen LogP contribution in [0, 0.1) is 6.07 Å². The highest BCUT2D eigenvalue weighted by Crippen LogP contribution is 2.18. The first kappa shape index (κ1) is 6.43. The monoisotopic (exact) mass is 145 g/mol. The van der Waals surface area contributed by atoms with Crippen molar-refractivity contribution in [3.05, 3.63) is 41.6 Å². The lowest BCUT2D eigenvalue weighted by molar-refractivity contribution is 0.646. The van der Waals surface area contributed by atoms with Crippen LogP contribution in [0.3, 0.4) is 0 Å². The van der Waals surface area contributed by atoms with Crippen LogP contribution in [-0.2, 0) is 0 Å². The van der Waals surface area contributed by atoms with Crippen molar-refractivity contribution in [1.29, 1.82) is 0 Å². The van der Waals surface area contributed by atoms with Gasteiger partial charge in [-0.25, -0.2) is 0 Å². The van der Waals surface area contributed by atoms with Crippen LogP contribution in [0.4, 0.5) is 0 Å². The Morgan fingerprint density at radius 2 is 2.45 bits per heavy atom. The largest absolute Gasteiger partial charge is 0.372 e. The first-order valence-corrected chi connectivity index (χ1v) is 3.56. The summed E-state index contributed by atoms with van der Waals surface area (Å²) in [6, 6.07) is 8.80. The van der Waals surface area contributed by atoms with E-state index >= 15 is 0 Å². The van der Waals surface area contributed by atoms with E-state index < -0.39 is 0 Å². The van der Waals surface area contributed by atoms with Crippen LogP contribution < -0.4 is 11.1 Å². The number of hydrogen-bond acceptors (Lipinski definition) is 2. The van der Waals surface area contributed by atoms with Crippen molar-refractivity contribution < 1.29 is 0 Å². The summed E-state index contributed by atoms with van der Waals surface area (Å²) in [5.74, 6) is 0. The van der Waals surface area contributed by atoms with Crippen LogP contribution in [0.25, 0.3) is 6.08 Å². The summed E-state index contributed by atoms with van der Waals surface area (Å²) in [6.07, 6.45) is 3.79. The molecule has 1 unspecified atom stereocenters. The van der Waals surface area contributed by atoms with E-state index in [0.717, 1.165) is 11.1 Å². The van der Waals surface area contributed by atoms with Gasteiger partial charge in [-0.05, 0) is 35.5 Å². The van der Waals surface area contributed by atoms with Crippen molar-refractivity contribution in [2.75, 3.05) is 0 Å². The van der Waals surface area contributed by atoms with Gasteiger partial charge in [-0.3, -0.25) is 0 Å². The lowest BCUT2D eigenvalue weighted by atomic mass is 10.0. The predicted octanol–water partition coefficient (Wildman–Crippen LogP) is 1.02. The molecule has 1 aliphatic heterocycles. The Morgan fingerprint density at radius 3 is 3.27 bits per heavy atom. The van der Waals surface area contributed by atoms with E-state index in [2.05, 4.69) is 11.4 Å². The van der Waals surface area contributed by atoms with E-state index in [1.54, 1.807) is 0 Å². The van der Waals surface area contributed by atoms with Gasteiger partial charge in [0.15, 0.2) is 0 Å². The summed E-state index contributed by atoms with van der Waals surface area (Å²) in [6.45, 7) is 0. The number of nitrogens with one attached hydrogen (secondary N) is 1. The highest BCUT2D eigenvalue weighted by atomic mass is 15.0. The second kappa shape index (κ2) is 2.40. The molecule has 0 aliphatic carbocycles. The van der Waals surface area contributed by atoms with Crippen LogP contribution in [-0.4, -0.2) is 0 Å². The molecule has 0 saturated carbocycles. The topological polar surface area (TPSA) is 38.0 Å². The second-order valence-corrected chi connectivity index (χ2v) is 2.53. The molecule has 3 N–H and O–H groups in total. The number of hydrogen-bond donors (Lipinski definition) is 2. The maximum atomic E-state index is 5.77. The fourth-order valence-corrected chi connectivity index (χ4v) is 1.21. The van der Waals surface area contributed by atoms with Gasteiger partial charge in [0, 0.05) is 0 Å². The molecular weight excluding hydrogens is 136 g/mol. The summed E-state index contributed by atoms with van der Waals surface area (Å²) in [5, 5.41) is 3.02. The van der Waals surface area contributed by atoms with Gasteiger partial charge in [0.1, 0.15) is 6.17 Å². The van der Waals surface area contributed by atoms with Crippen LogP contribution in [0.15, 0.2) is 24.4 Å². The quantitative estimate of drug-likeness (QED) is 0.572. The third kappa shape index (κ3) is 1.01. The van der Waals surface area contributed by atoms with Crippen molar-refractivity contribution in [2.24, 2.45) is 5.73 Å². The minimum absolute atomic E-state index is 0.0652. The van der Waals surface area contributed by atoms with E-state index in [4.69, 9.17) is 5.73 Å². The van der Waals surface area contributed by atoms with Gasteiger partial charge in [0.25, 0.3) is 0 Å². The molecule has 0 spiro atoms. The Bertz CT molecular complexity index is 291. The van der Waals surface area contributed by atoms with Crippen molar-refractivity contribution in [3.63, 3.8) is 0 Å². The zero-order chi connectivity index (χ0) is 7.68. The highest BCUT2D eigenvalue weighted by Gasteiger charge is 2.09. The van der Waals surface area contributed by atoms with Gasteiger partial charge in [0.2, 0.25) is 0 Å². The Labute approximate surface area is 65.7 Å². The smallest absolute Gasteiger partial charge is 0.101 e. The Balaban J connectivity index is 2.54. The molecule has 0 fully saturated rings. The molecule has 1 aromatic carbocycles. The van der Waals surface area contributed by atoms with Crippen LogP contribution >= 0.6 is 0 Å². The Hall–Kier alpha value is -1.28. The van der Waals surface area contributed by atoms with Crippen molar-refractivity contribution >= 4 is 6.08 Å². The molecule has 1 radical (unpaired) electrons.